The molecule has 2 N–H and O–H groups in total. The topological polar surface area (TPSA) is 72.6 Å². The quantitative estimate of drug-likeness (QED) is 0.701. The van der Waals surface area contributed by atoms with Crippen molar-refractivity contribution in [1.29, 1.82) is 0 Å². The van der Waals surface area contributed by atoms with E-state index in [2.05, 4.69) is 0 Å². The van der Waals surface area contributed by atoms with Crippen LogP contribution in [0.3, 0.4) is 0 Å². The Balaban J connectivity index is 2.53. The van der Waals surface area contributed by atoms with Gasteiger partial charge in [-0.25, -0.2) is 0 Å². The minimum Gasteiger partial charge on any atom is -0.466 e. The molecular formula is C11H20N2O3. The maximum Gasteiger partial charge on any atom is 0.307 e. The second kappa shape index (κ2) is 6.48. The normalized spacial score (nSPS) is 20.6. The molecule has 1 aliphatic heterocycles. The number of ether oxygens (including phenoxy) is 1. The van der Waals surface area contributed by atoms with Gasteiger partial charge in [0.25, 0.3) is 0 Å². The summed E-state index contributed by atoms with van der Waals surface area (Å²) in [5, 5.41) is 0. The van der Waals surface area contributed by atoms with Crippen molar-refractivity contribution < 1.29 is 14.3 Å². The number of rotatable bonds is 4. The molecule has 0 aliphatic carbocycles. The summed E-state index contributed by atoms with van der Waals surface area (Å²) >= 11 is 0. The highest BCUT2D eigenvalue weighted by atomic mass is 16.5. The summed E-state index contributed by atoms with van der Waals surface area (Å²) in [7, 11) is 0. The highest BCUT2D eigenvalue weighted by Crippen LogP contribution is 2.20. The van der Waals surface area contributed by atoms with Gasteiger partial charge in [-0.3, -0.25) is 9.59 Å². The van der Waals surface area contributed by atoms with Crippen LogP contribution in [0.2, 0.25) is 0 Å². The first-order valence-electron chi connectivity index (χ1n) is 5.84. The third kappa shape index (κ3) is 3.48. The van der Waals surface area contributed by atoms with Crippen LogP contribution < -0.4 is 5.73 Å². The Morgan fingerprint density at radius 2 is 2.19 bits per heavy atom. The lowest BCUT2D eigenvalue weighted by Crippen LogP contribution is -2.47. The summed E-state index contributed by atoms with van der Waals surface area (Å²) in [5.41, 5.74) is 5.35. The van der Waals surface area contributed by atoms with Gasteiger partial charge < -0.3 is 15.4 Å². The molecule has 1 heterocycles. The molecule has 1 unspecified atom stereocenters. The lowest BCUT2D eigenvalue weighted by atomic mass is 9.99. The molecule has 0 saturated carbocycles. The first-order chi connectivity index (χ1) is 7.69. The third-order valence-electron chi connectivity index (χ3n) is 2.83. The SMILES string of the molecule is CCOC(=O)CC1CCCCN1C(=O)CN. The number of hydrogen-bond acceptors (Lipinski definition) is 4. The van der Waals surface area contributed by atoms with Gasteiger partial charge in [0.15, 0.2) is 0 Å². The van der Waals surface area contributed by atoms with E-state index in [0.717, 1.165) is 19.3 Å². The molecule has 0 aromatic carbocycles. The Morgan fingerprint density at radius 1 is 1.44 bits per heavy atom. The predicted molar refractivity (Wildman–Crippen MR) is 59.7 cm³/mol. The average molecular weight is 228 g/mol. The molecule has 92 valence electrons. The number of carbonyl (C=O) groups excluding carboxylic acids is 2. The minimum atomic E-state index is -0.232. The zero-order valence-corrected chi connectivity index (χ0v) is 9.78. The Kier molecular flexibility index (Phi) is 5.25. The summed E-state index contributed by atoms with van der Waals surface area (Å²) in [6.45, 7) is 2.89. The fourth-order valence-corrected chi connectivity index (χ4v) is 2.07. The summed E-state index contributed by atoms with van der Waals surface area (Å²) in [4.78, 5) is 24.7. The van der Waals surface area contributed by atoms with E-state index in [1.807, 2.05) is 0 Å². The van der Waals surface area contributed by atoms with Crippen LogP contribution in [0.5, 0.6) is 0 Å². The molecule has 0 aromatic rings. The van der Waals surface area contributed by atoms with E-state index in [1.165, 1.54) is 0 Å². The molecule has 5 heteroatoms. The molecule has 1 rings (SSSR count). The van der Waals surface area contributed by atoms with E-state index in [4.69, 9.17) is 10.5 Å². The smallest absolute Gasteiger partial charge is 0.307 e. The third-order valence-corrected chi connectivity index (χ3v) is 2.83. The van der Waals surface area contributed by atoms with Crippen molar-refractivity contribution >= 4 is 11.9 Å². The average Bonchev–Trinajstić information content (AvgIpc) is 2.29. The lowest BCUT2D eigenvalue weighted by molar-refractivity contribution is -0.146. The van der Waals surface area contributed by atoms with Crippen LogP contribution in [0.1, 0.15) is 32.6 Å². The molecule has 0 bridgehead atoms. The van der Waals surface area contributed by atoms with Crippen LogP contribution in [0.25, 0.3) is 0 Å². The van der Waals surface area contributed by atoms with E-state index < -0.39 is 0 Å². The monoisotopic (exact) mass is 228 g/mol. The Hall–Kier alpha value is -1.10. The largest absolute Gasteiger partial charge is 0.466 e. The molecule has 5 nitrogen and oxygen atoms in total. The number of likely N-dealkylation sites (tertiary alicyclic amines) is 1. The Morgan fingerprint density at radius 3 is 2.81 bits per heavy atom. The van der Waals surface area contributed by atoms with Crippen molar-refractivity contribution in [3.63, 3.8) is 0 Å². The lowest BCUT2D eigenvalue weighted by Gasteiger charge is -2.35. The number of nitrogens with zero attached hydrogens (tertiary/aromatic N) is 1. The zero-order chi connectivity index (χ0) is 12.0. The van der Waals surface area contributed by atoms with Crippen LogP contribution in [0.4, 0.5) is 0 Å². The Bertz CT molecular complexity index is 256. The van der Waals surface area contributed by atoms with Crippen molar-refractivity contribution in [3.8, 4) is 0 Å². The van der Waals surface area contributed by atoms with Crippen molar-refractivity contribution in [3.05, 3.63) is 0 Å². The summed E-state index contributed by atoms with van der Waals surface area (Å²) in [5.74, 6) is -0.307. The standard InChI is InChI=1S/C11H20N2O3/c1-2-16-11(15)7-9-5-3-4-6-13(9)10(14)8-12/h9H,2-8,12H2,1H3. The second-order valence-electron chi connectivity index (χ2n) is 3.95. The van der Waals surface area contributed by atoms with E-state index in [0.29, 0.717) is 19.6 Å². The molecule has 1 aliphatic rings. The van der Waals surface area contributed by atoms with Crippen molar-refractivity contribution in [2.24, 2.45) is 5.73 Å². The number of hydrogen-bond donors (Lipinski definition) is 1. The van der Waals surface area contributed by atoms with Crippen molar-refractivity contribution in [2.45, 2.75) is 38.6 Å². The maximum atomic E-state index is 11.6. The summed E-state index contributed by atoms with van der Waals surface area (Å²) in [6.07, 6.45) is 3.20. The Labute approximate surface area is 95.9 Å². The molecule has 0 radical (unpaired) electrons. The van der Waals surface area contributed by atoms with Crippen LogP contribution in [0.15, 0.2) is 0 Å². The van der Waals surface area contributed by atoms with Gasteiger partial charge in [0.1, 0.15) is 0 Å². The van der Waals surface area contributed by atoms with E-state index in [-0.39, 0.29) is 24.5 Å². The van der Waals surface area contributed by atoms with Crippen molar-refractivity contribution in [1.82, 2.24) is 4.90 Å². The van der Waals surface area contributed by atoms with Gasteiger partial charge in [-0.2, -0.15) is 0 Å². The highest BCUT2D eigenvalue weighted by Gasteiger charge is 2.27. The number of piperidine rings is 1. The predicted octanol–water partition coefficient (Wildman–Crippen LogP) is 0.279. The van der Waals surface area contributed by atoms with Gasteiger partial charge in [0.2, 0.25) is 5.91 Å². The number of carbonyl (C=O) groups is 2. The van der Waals surface area contributed by atoms with Crippen molar-refractivity contribution in [2.75, 3.05) is 19.7 Å². The van der Waals surface area contributed by atoms with Crippen LogP contribution in [-0.2, 0) is 14.3 Å². The molecule has 1 amide bonds. The van der Waals surface area contributed by atoms with Gasteiger partial charge in [-0.1, -0.05) is 0 Å². The van der Waals surface area contributed by atoms with Gasteiger partial charge >= 0.3 is 5.97 Å². The number of nitrogens with two attached hydrogens (primary N) is 1. The molecular weight excluding hydrogens is 208 g/mol. The minimum absolute atomic E-state index is 0.0132. The van der Waals surface area contributed by atoms with Gasteiger partial charge in [-0.15, -0.1) is 0 Å². The van der Waals surface area contributed by atoms with Gasteiger partial charge in [0.05, 0.1) is 19.6 Å². The van der Waals surface area contributed by atoms with Crippen LogP contribution in [-0.4, -0.2) is 42.5 Å². The van der Waals surface area contributed by atoms with Crippen LogP contribution in [0, 0.1) is 0 Å². The second-order valence-corrected chi connectivity index (χ2v) is 3.95. The molecule has 0 spiro atoms. The van der Waals surface area contributed by atoms with E-state index >= 15 is 0 Å². The van der Waals surface area contributed by atoms with Gasteiger partial charge in [0, 0.05) is 12.6 Å². The highest BCUT2D eigenvalue weighted by molar-refractivity contribution is 5.79. The summed E-state index contributed by atoms with van der Waals surface area (Å²) in [6, 6.07) is -0.0242. The zero-order valence-electron chi connectivity index (χ0n) is 9.78. The molecule has 1 saturated heterocycles. The first kappa shape index (κ1) is 13.0. The number of esters is 1. The van der Waals surface area contributed by atoms with Crippen LogP contribution >= 0.6 is 0 Å². The molecule has 16 heavy (non-hydrogen) atoms. The fraction of sp³-hybridized carbons (Fsp3) is 0.818. The maximum absolute atomic E-state index is 11.6. The number of amides is 1. The molecule has 1 fully saturated rings. The molecule has 1 atom stereocenters. The van der Waals surface area contributed by atoms with Gasteiger partial charge in [-0.05, 0) is 26.2 Å². The van der Waals surface area contributed by atoms with E-state index in [9.17, 15) is 9.59 Å². The summed E-state index contributed by atoms with van der Waals surface area (Å²) < 4.78 is 4.90. The first-order valence-corrected chi connectivity index (χ1v) is 5.84. The molecule has 0 aromatic heterocycles. The van der Waals surface area contributed by atoms with E-state index in [1.54, 1.807) is 11.8 Å². The fourth-order valence-electron chi connectivity index (χ4n) is 2.07.